The Morgan fingerprint density at radius 1 is 1.29 bits per heavy atom. The molecule has 2 rings (SSSR count). The van der Waals surface area contributed by atoms with Gasteiger partial charge in [0.2, 0.25) is 5.91 Å². The number of likely N-dealkylation sites (tertiary alicyclic amines) is 1. The molecule has 1 aromatic carbocycles. The van der Waals surface area contributed by atoms with E-state index in [-0.39, 0.29) is 18.7 Å². The summed E-state index contributed by atoms with van der Waals surface area (Å²) in [7, 11) is 1.66. The summed E-state index contributed by atoms with van der Waals surface area (Å²) < 4.78 is 5.24. The van der Waals surface area contributed by atoms with E-state index in [1.165, 1.54) is 5.56 Å². The fraction of sp³-hybridized carbons (Fsp3) is 0.500. The molecule has 5 nitrogen and oxygen atoms in total. The number of carbonyl (C=O) groups is 2. The summed E-state index contributed by atoms with van der Waals surface area (Å²) in [5, 5.41) is 8.62. The average molecular weight is 291 g/mol. The van der Waals surface area contributed by atoms with Crippen molar-refractivity contribution in [1.82, 2.24) is 4.90 Å². The number of ether oxygens (including phenoxy) is 1. The quantitative estimate of drug-likeness (QED) is 0.903. The minimum atomic E-state index is -0.922. The lowest BCUT2D eigenvalue weighted by Gasteiger charge is -2.32. The van der Waals surface area contributed by atoms with Crippen molar-refractivity contribution in [3.63, 3.8) is 0 Å². The highest BCUT2D eigenvalue weighted by molar-refractivity contribution is 5.80. The Morgan fingerprint density at radius 3 is 2.62 bits per heavy atom. The van der Waals surface area contributed by atoms with Gasteiger partial charge in [0.05, 0.1) is 13.5 Å². The molecule has 1 N–H and O–H groups in total. The number of hydrogen-bond acceptors (Lipinski definition) is 3. The molecule has 5 heteroatoms. The van der Waals surface area contributed by atoms with Crippen molar-refractivity contribution >= 4 is 11.9 Å². The van der Waals surface area contributed by atoms with Gasteiger partial charge in [0.25, 0.3) is 0 Å². The molecule has 0 bridgehead atoms. The second kappa shape index (κ2) is 7.11. The molecule has 0 atom stereocenters. The molecule has 0 unspecified atom stereocenters. The van der Waals surface area contributed by atoms with Crippen LogP contribution < -0.4 is 4.74 Å². The van der Waals surface area contributed by atoms with E-state index in [2.05, 4.69) is 6.07 Å². The van der Waals surface area contributed by atoms with Crippen molar-refractivity contribution in [2.75, 3.05) is 20.2 Å². The highest BCUT2D eigenvalue weighted by atomic mass is 16.5. The summed E-state index contributed by atoms with van der Waals surface area (Å²) in [4.78, 5) is 24.2. The number of methoxy groups -OCH3 is 1. The molecule has 1 saturated heterocycles. The first-order valence-electron chi connectivity index (χ1n) is 7.23. The molecule has 1 heterocycles. The van der Waals surface area contributed by atoms with Gasteiger partial charge in [-0.3, -0.25) is 9.59 Å². The summed E-state index contributed by atoms with van der Waals surface area (Å²) in [6.45, 7) is 1.39. The maximum Gasteiger partial charge on any atom is 0.303 e. The topological polar surface area (TPSA) is 66.8 Å². The van der Waals surface area contributed by atoms with Gasteiger partial charge < -0.3 is 14.7 Å². The Morgan fingerprint density at radius 2 is 2.00 bits per heavy atom. The number of rotatable bonds is 5. The third kappa shape index (κ3) is 4.21. The van der Waals surface area contributed by atoms with E-state index in [9.17, 15) is 9.59 Å². The molecule has 1 aliphatic heterocycles. The summed E-state index contributed by atoms with van der Waals surface area (Å²) in [6.07, 6.45) is 1.83. The molecule has 1 aromatic rings. The Balaban J connectivity index is 1.87. The number of amides is 1. The van der Waals surface area contributed by atoms with E-state index in [1.807, 2.05) is 18.2 Å². The number of nitrogens with zero attached hydrogens (tertiary/aromatic N) is 1. The van der Waals surface area contributed by atoms with Crippen molar-refractivity contribution in [2.24, 2.45) is 0 Å². The van der Waals surface area contributed by atoms with Gasteiger partial charge in [-0.05, 0) is 36.5 Å². The summed E-state index contributed by atoms with van der Waals surface area (Å²) in [5.74, 6) is 0.312. The van der Waals surface area contributed by atoms with Crippen LogP contribution >= 0.6 is 0 Å². The number of piperidine rings is 1. The highest BCUT2D eigenvalue weighted by Crippen LogP contribution is 2.30. The Hall–Kier alpha value is -2.04. The third-order valence-electron chi connectivity index (χ3n) is 3.97. The van der Waals surface area contributed by atoms with Gasteiger partial charge in [0, 0.05) is 19.5 Å². The van der Waals surface area contributed by atoms with Crippen LogP contribution in [0.5, 0.6) is 5.75 Å². The van der Waals surface area contributed by atoms with Crippen LogP contribution in [0.1, 0.15) is 37.2 Å². The number of carbonyl (C=O) groups excluding carboxylic acids is 1. The van der Waals surface area contributed by atoms with Crippen molar-refractivity contribution in [3.05, 3.63) is 29.8 Å². The summed E-state index contributed by atoms with van der Waals surface area (Å²) in [5.41, 5.74) is 1.24. The summed E-state index contributed by atoms with van der Waals surface area (Å²) in [6, 6.07) is 8.05. The van der Waals surface area contributed by atoms with E-state index in [0.717, 1.165) is 18.6 Å². The molecule has 21 heavy (non-hydrogen) atoms. The Kier molecular flexibility index (Phi) is 5.20. The van der Waals surface area contributed by atoms with Gasteiger partial charge in [-0.1, -0.05) is 12.1 Å². The van der Waals surface area contributed by atoms with Crippen LogP contribution in [0.25, 0.3) is 0 Å². The highest BCUT2D eigenvalue weighted by Gasteiger charge is 2.24. The standard InChI is InChI=1S/C16H21NO4/c1-21-14-4-2-3-13(11-14)12-7-9-17(10-8-12)15(18)5-6-16(19)20/h2-4,11-12H,5-10H2,1H3,(H,19,20). The normalized spacial score (nSPS) is 15.8. The largest absolute Gasteiger partial charge is 0.497 e. The zero-order chi connectivity index (χ0) is 15.2. The summed E-state index contributed by atoms with van der Waals surface area (Å²) >= 11 is 0. The molecule has 1 fully saturated rings. The minimum Gasteiger partial charge on any atom is -0.497 e. The molecule has 1 amide bonds. The molecule has 0 radical (unpaired) electrons. The second-order valence-electron chi connectivity index (χ2n) is 5.33. The molecule has 0 saturated carbocycles. The molecule has 0 aliphatic carbocycles. The van der Waals surface area contributed by atoms with Crippen LogP contribution in [-0.2, 0) is 9.59 Å². The van der Waals surface area contributed by atoms with E-state index in [1.54, 1.807) is 12.0 Å². The number of carboxylic acid groups (broad SMARTS) is 1. The molecule has 0 aromatic heterocycles. The van der Waals surface area contributed by atoms with Crippen LogP contribution in [0.15, 0.2) is 24.3 Å². The van der Waals surface area contributed by atoms with Gasteiger partial charge in [-0.15, -0.1) is 0 Å². The van der Waals surface area contributed by atoms with Gasteiger partial charge in [-0.25, -0.2) is 0 Å². The number of benzene rings is 1. The van der Waals surface area contributed by atoms with Crippen LogP contribution in [-0.4, -0.2) is 42.1 Å². The SMILES string of the molecule is COc1cccc(C2CCN(C(=O)CCC(=O)O)CC2)c1. The van der Waals surface area contributed by atoms with Crippen LogP contribution in [0.3, 0.4) is 0 Å². The van der Waals surface area contributed by atoms with E-state index >= 15 is 0 Å². The van der Waals surface area contributed by atoms with Gasteiger partial charge in [-0.2, -0.15) is 0 Å². The first kappa shape index (κ1) is 15.4. The zero-order valence-corrected chi connectivity index (χ0v) is 12.2. The van der Waals surface area contributed by atoms with Gasteiger partial charge >= 0.3 is 5.97 Å². The number of hydrogen-bond donors (Lipinski definition) is 1. The first-order valence-corrected chi connectivity index (χ1v) is 7.23. The second-order valence-corrected chi connectivity index (χ2v) is 5.33. The van der Waals surface area contributed by atoms with Gasteiger partial charge in [0.15, 0.2) is 0 Å². The lowest BCUT2D eigenvalue weighted by atomic mass is 9.89. The minimum absolute atomic E-state index is 0.0542. The maximum absolute atomic E-state index is 11.9. The number of carboxylic acids is 1. The van der Waals surface area contributed by atoms with Crippen molar-refractivity contribution in [1.29, 1.82) is 0 Å². The van der Waals surface area contributed by atoms with E-state index in [0.29, 0.717) is 19.0 Å². The average Bonchev–Trinajstić information content (AvgIpc) is 2.52. The Bertz CT molecular complexity index is 507. The molecule has 1 aliphatic rings. The predicted octanol–water partition coefficient (Wildman–Crippen LogP) is 2.27. The van der Waals surface area contributed by atoms with E-state index in [4.69, 9.17) is 9.84 Å². The molecular weight excluding hydrogens is 270 g/mol. The fourth-order valence-electron chi connectivity index (χ4n) is 2.73. The van der Waals surface area contributed by atoms with Crippen LogP contribution in [0.2, 0.25) is 0 Å². The molecular formula is C16H21NO4. The first-order chi connectivity index (χ1) is 10.1. The fourth-order valence-corrected chi connectivity index (χ4v) is 2.73. The van der Waals surface area contributed by atoms with Crippen LogP contribution in [0, 0.1) is 0 Å². The smallest absolute Gasteiger partial charge is 0.303 e. The maximum atomic E-state index is 11.9. The molecule has 114 valence electrons. The predicted molar refractivity (Wildman–Crippen MR) is 78.4 cm³/mol. The molecule has 0 spiro atoms. The van der Waals surface area contributed by atoms with Crippen molar-refractivity contribution in [2.45, 2.75) is 31.6 Å². The van der Waals surface area contributed by atoms with Crippen molar-refractivity contribution < 1.29 is 19.4 Å². The lowest BCUT2D eigenvalue weighted by Crippen LogP contribution is -2.38. The van der Waals surface area contributed by atoms with Gasteiger partial charge in [0.1, 0.15) is 5.75 Å². The zero-order valence-electron chi connectivity index (χ0n) is 12.2. The monoisotopic (exact) mass is 291 g/mol. The lowest BCUT2D eigenvalue weighted by molar-refractivity contribution is -0.141. The van der Waals surface area contributed by atoms with Crippen molar-refractivity contribution in [3.8, 4) is 5.75 Å². The number of aliphatic carboxylic acids is 1. The van der Waals surface area contributed by atoms with Crippen LogP contribution in [0.4, 0.5) is 0 Å². The van der Waals surface area contributed by atoms with E-state index < -0.39 is 5.97 Å². The Labute approximate surface area is 124 Å². The third-order valence-corrected chi connectivity index (χ3v) is 3.97.